The molecule has 1 aliphatic heterocycles. The predicted molar refractivity (Wildman–Crippen MR) is 87.8 cm³/mol. The predicted octanol–water partition coefficient (Wildman–Crippen LogP) is 2.61. The van der Waals surface area contributed by atoms with Gasteiger partial charge in [-0.1, -0.05) is 30.3 Å². The Bertz CT molecular complexity index is 527. The van der Waals surface area contributed by atoms with Gasteiger partial charge in [-0.15, -0.1) is 0 Å². The van der Waals surface area contributed by atoms with Gasteiger partial charge in [0.25, 0.3) is 0 Å². The fourth-order valence-electron chi connectivity index (χ4n) is 3.02. The number of morpholine rings is 1. The van der Waals surface area contributed by atoms with Crippen LogP contribution in [0.5, 0.6) is 0 Å². The molecule has 2 heterocycles. The van der Waals surface area contributed by atoms with Gasteiger partial charge in [-0.2, -0.15) is 5.10 Å². The van der Waals surface area contributed by atoms with Crippen molar-refractivity contribution < 1.29 is 4.74 Å². The number of hydrogen-bond donors (Lipinski definition) is 0. The summed E-state index contributed by atoms with van der Waals surface area (Å²) in [6.45, 7) is 5.11. The summed E-state index contributed by atoms with van der Waals surface area (Å²) >= 11 is 0. The normalized spacial score (nSPS) is 19.4. The molecule has 1 aromatic heterocycles. The summed E-state index contributed by atoms with van der Waals surface area (Å²) in [4.78, 5) is 2.53. The first-order chi connectivity index (χ1) is 10.9. The number of aromatic nitrogens is 2. The van der Waals surface area contributed by atoms with Crippen molar-refractivity contribution >= 4 is 0 Å². The van der Waals surface area contributed by atoms with E-state index in [0.717, 1.165) is 52.0 Å². The SMILES string of the molecule is c1ccc(CC[C@@H]2CN(CCCn3cccn3)CCO2)cc1. The van der Waals surface area contributed by atoms with Crippen molar-refractivity contribution in [3.05, 3.63) is 54.4 Å². The van der Waals surface area contributed by atoms with E-state index < -0.39 is 0 Å². The van der Waals surface area contributed by atoms with E-state index in [4.69, 9.17) is 4.74 Å². The molecule has 3 rings (SSSR count). The quantitative estimate of drug-likeness (QED) is 0.787. The molecule has 1 aliphatic rings. The second-order valence-corrected chi connectivity index (χ2v) is 5.94. The molecule has 0 aliphatic carbocycles. The van der Waals surface area contributed by atoms with Gasteiger partial charge in [0.1, 0.15) is 0 Å². The largest absolute Gasteiger partial charge is 0.376 e. The van der Waals surface area contributed by atoms with Gasteiger partial charge in [-0.25, -0.2) is 0 Å². The lowest BCUT2D eigenvalue weighted by atomic mass is 10.1. The molecule has 0 unspecified atom stereocenters. The van der Waals surface area contributed by atoms with Gasteiger partial charge in [0.2, 0.25) is 0 Å². The van der Waals surface area contributed by atoms with Crippen LogP contribution in [-0.4, -0.2) is 47.0 Å². The van der Waals surface area contributed by atoms with Crippen molar-refractivity contribution in [1.29, 1.82) is 0 Å². The molecule has 1 atom stereocenters. The Kier molecular flexibility index (Phi) is 5.62. The van der Waals surface area contributed by atoms with Crippen molar-refractivity contribution in [2.45, 2.75) is 31.9 Å². The maximum atomic E-state index is 5.92. The first kappa shape index (κ1) is 15.3. The number of hydrogen-bond acceptors (Lipinski definition) is 3. The minimum absolute atomic E-state index is 0.374. The lowest BCUT2D eigenvalue weighted by Crippen LogP contribution is -2.43. The lowest BCUT2D eigenvalue weighted by Gasteiger charge is -2.33. The molecule has 0 N–H and O–H groups in total. The van der Waals surface area contributed by atoms with Crippen LogP contribution in [0.2, 0.25) is 0 Å². The monoisotopic (exact) mass is 299 g/mol. The van der Waals surface area contributed by atoms with Gasteiger partial charge in [0.15, 0.2) is 0 Å². The molecule has 0 spiro atoms. The highest BCUT2D eigenvalue weighted by Crippen LogP contribution is 2.13. The van der Waals surface area contributed by atoms with Crippen LogP contribution >= 0.6 is 0 Å². The molecule has 22 heavy (non-hydrogen) atoms. The Labute approximate surface area is 132 Å². The van der Waals surface area contributed by atoms with Crippen LogP contribution in [0.4, 0.5) is 0 Å². The van der Waals surface area contributed by atoms with Gasteiger partial charge in [0.05, 0.1) is 12.7 Å². The van der Waals surface area contributed by atoms with E-state index >= 15 is 0 Å². The minimum Gasteiger partial charge on any atom is -0.376 e. The van der Waals surface area contributed by atoms with E-state index in [-0.39, 0.29) is 0 Å². The fraction of sp³-hybridized carbons (Fsp3) is 0.500. The molecular formula is C18H25N3O. The zero-order chi connectivity index (χ0) is 15.0. The number of rotatable bonds is 7. The second kappa shape index (κ2) is 8.11. The Morgan fingerprint density at radius 2 is 2.05 bits per heavy atom. The average molecular weight is 299 g/mol. The van der Waals surface area contributed by atoms with Crippen LogP contribution in [0, 0.1) is 0 Å². The smallest absolute Gasteiger partial charge is 0.0705 e. The van der Waals surface area contributed by atoms with Crippen LogP contribution in [0.25, 0.3) is 0 Å². The van der Waals surface area contributed by atoms with Crippen LogP contribution in [-0.2, 0) is 17.7 Å². The molecule has 118 valence electrons. The van der Waals surface area contributed by atoms with Gasteiger partial charge in [-0.3, -0.25) is 9.58 Å². The molecule has 4 heteroatoms. The summed E-state index contributed by atoms with van der Waals surface area (Å²) in [6, 6.07) is 12.7. The number of aryl methyl sites for hydroxylation is 2. The molecular weight excluding hydrogens is 274 g/mol. The standard InChI is InChI=1S/C18H25N3O/c1-2-6-17(7-3-1)8-9-18-16-20(14-15-22-18)11-5-13-21-12-4-10-19-21/h1-4,6-7,10,12,18H,5,8-9,11,13-16H2/t18-/m1/s1. The van der Waals surface area contributed by atoms with E-state index in [0.29, 0.717) is 6.10 Å². The van der Waals surface area contributed by atoms with E-state index in [2.05, 4.69) is 40.3 Å². The number of ether oxygens (including phenoxy) is 1. The average Bonchev–Trinajstić information content (AvgIpc) is 3.08. The molecule has 1 aromatic carbocycles. The van der Waals surface area contributed by atoms with Crippen molar-refractivity contribution in [2.24, 2.45) is 0 Å². The van der Waals surface area contributed by atoms with Crippen molar-refractivity contribution in [3.8, 4) is 0 Å². The molecule has 0 bridgehead atoms. The summed E-state index contributed by atoms with van der Waals surface area (Å²) < 4.78 is 7.93. The Hall–Kier alpha value is -1.65. The number of benzene rings is 1. The van der Waals surface area contributed by atoms with Gasteiger partial charge < -0.3 is 4.74 Å². The topological polar surface area (TPSA) is 30.3 Å². The highest BCUT2D eigenvalue weighted by Gasteiger charge is 2.19. The zero-order valence-corrected chi connectivity index (χ0v) is 13.1. The first-order valence-electron chi connectivity index (χ1n) is 8.25. The summed E-state index contributed by atoms with van der Waals surface area (Å²) in [5.74, 6) is 0. The summed E-state index contributed by atoms with van der Waals surface area (Å²) in [7, 11) is 0. The second-order valence-electron chi connectivity index (χ2n) is 5.94. The third kappa shape index (κ3) is 4.68. The van der Waals surface area contributed by atoms with Crippen LogP contribution in [0.15, 0.2) is 48.8 Å². The van der Waals surface area contributed by atoms with Gasteiger partial charge in [-0.05, 0) is 30.9 Å². The summed E-state index contributed by atoms with van der Waals surface area (Å²) in [5, 5.41) is 4.25. The highest BCUT2D eigenvalue weighted by molar-refractivity contribution is 5.14. The zero-order valence-electron chi connectivity index (χ0n) is 13.1. The maximum Gasteiger partial charge on any atom is 0.0705 e. The molecule has 0 radical (unpaired) electrons. The van der Waals surface area contributed by atoms with E-state index in [1.165, 1.54) is 5.56 Å². The van der Waals surface area contributed by atoms with Crippen LogP contribution in [0.1, 0.15) is 18.4 Å². The van der Waals surface area contributed by atoms with Crippen LogP contribution < -0.4 is 0 Å². The van der Waals surface area contributed by atoms with E-state index in [1.807, 2.05) is 23.1 Å². The summed E-state index contributed by atoms with van der Waals surface area (Å²) in [5.41, 5.74) is 1.40. The number of nitrogens with zero attached hydrogens (tertiary/aromatic N) is 3. The molecule has 1 saturated heterocycles. The fourth-order valence-corrected chi connectivity index (χ4v) is 3.02. The van der Waals surface area contributed by atoms with Crippen LogP contribution in [0.3, 0.4) is 0 Å². The van der Waals surface area contributed by atoms with Crippen molar-refractivity contribution in [2.75, 3.05) is 26.2 Å². The molecule has 2 aromatic rings. The van der Waals surface area contributed by atoms with Crippen molar-refractivity contribution in [1.82, 2.24) is 14.7 Å². The molecule has 4 nitrogen and oxygen atoms in total. The lowest BCUT2D eigenvalue weighted by molar-refractivity contribution is -0.0322. The third-order valence-corrected chi connectivity index (χ3v) is 4.24. The van der Waals surface area contributed by atoms with E-state index in [1.54, 1.807) is 0 Å². The highest BCUT2D eigenvalue weighted by atomic mass is 16.5. The third-order valence-electron chi connectivity index (χ3n) is 4.24. The van der Waals surface area contributed by atoms with E-state index in [9.17, 15) is 0 Å². The van der Waals surface area contributed by atoms with Gasteiger partial charge >= 0.3 is 0 Å². The Balaban J connectivity index is 1.37. The first-order valence-corrected chi connectivity index (χ1v) is 8.25. The molecule has 1 fully saturated rings. The van der Waals surface area contributed by atoms with Gasteiger partial charge in [0, 0.05) is 38.6 Å². The molecule has 0 saturated carbocycles. The Morgan fingerprint density at radius 1 is 1.14 bits per heavy atom. The molecule has 0 amide bonds. The summed E-state index contributed by atoms with van der Waals surface area (Å²) in [6.07, 6.45) is 7.61. The van der Waals surface area contributed by atoms with Crippen molar-refractivity contribution in [3.63, 3.8) is 0 Å². The Morgan fingerprint density at radius 3 is 2.86 bits per heavy atom. The minimum atomic E-state index is 0.374. The maximum absolute atomic E-state index is 5.92.